The van der Waals surface area contributed by atoms with Gasteiger partial charge in [-0.15, -0.1) is 20.4 Å². The second-order valence-corrected chi connectivity index (χ2v) is 59.1. The summed E-state index contributed by atoms with van der Waals surface area (Å²) in [6, 6.07) is 7.55. The predicted molar refractivity (Wildman–Crippen MR) is 344 cm³/mol. The molecule has 0 radical (unpaired) electrons. The second kappa shape index (κ2) is 24.2. The van der Waals surface area contributed by atoms with Crippen LogP contribution in [0.25, 0.3) is 12.2 Å². The summed E-state index contributed by atoms with van der Waals surface area (Å²) in [5.74, 6) is 1.37. The van der Waals surface area contributed by atoms with Gasteiger partial charge in [0, 0.05) is 12.2 Å². The summed E-state index contributed by atoms with van der Waals surface area (Å²) >= 11 is 0. The molecule has 0 spiro atoms. The number of aromatic amines is 2. The molecule has 0 unspecified atom stereocenters. The molecule has 4 rings (SSSR count). The van der Waals surface area contributed by atoms with Crippen molar-refractivity contribution in [1.29, 1.82) is 0 Å². The molecule has 18 nitrogen and oxygen atoms in total. The highest BCUT2D eigenvalue weighted by atomic mass is 28.4. The summed E-state index contributed by atoms with van der Waals surface area (Å²) in [6.45, 7) is 65.7. The highest BCUT2D eigenvalue weighted by Crippen LogP contribution is 2.52. The Hall–Kier alpha value is -4.90. The van der Waals surface area contributed by atoms with Gasteiger partial charge in [0.2, 0.25) is 23.9 Å². The number of nitrogens with zero attached hydrogens (tertiary/aromatic N) is 6. The van der Waals surface area contributed by atoms with Gasteiger partial charge in [0.1, 0.15) is 23.0 Å². The molecule has 82 heavy (non-hydrogen) atoms. The van der Waals surface area contributed by atoms with Crippen LogP contribution < -0.4 is 26.6 Å². The molecule has 0 aliphatic heterocycles. The van der Waals surface area contributed by atoms with E-state index >= 15 is 0 Å². The molecule has 0 bridgehead atoms. The molecule has 0 aliphatic carbocycles. The van der Waals surface area contributed by atoms with Gasteiger partial charge in [0.25, 0.3) is 49.9 Å². The molecule has 2 atom stereocenters. The summed E-state index contributed by atoms with van der Waals surface area (Å²) in [5.41, 5.74) is 1.19. The van der Waals surface area contributed by atoms with Crippen LogP contribution >= 0.6 is 0 Å². The summed E-state index contributed by atoms with van der Waals surface area (Å²) in [7, 11) is -14.9. The third-order valence-corrected chi connectivity index (χ3v) is 43.9. The van der Waals surface area contributed by atoms with Gasteiger partial charge < -0.3 is 36.0 Å². The first-order chi connectivity index (χ1) is 36.7. The van der Waals surface area contributed by atoms with Crippen molar-refractivity contribution >= 4 is 74.0 Å². The molecule has 2 heterocycles. The van der Waals surface area contributed by atoms with Gasteiger partial charge in [-0.25, -0.2) is 9.59 Å². The van der Waals surface area contributed by atoms with E-state index in [1.165, 1.54) is 12.2 Å². The van der Waals surface area contributed by atoms with Crippen LogP contribution in [0.2, 0.25) is 109 Å². The molecule has 2 aromatic carbocycles. The number of rotatable bonds is 21. The van der Waals surface area contributed by atoms with Gasteiger partial charge in [0.05, 0.1) is 0 Å². The Morgan fingerprint density at radius 3 is 0.805 bits per heavy atom. The molecule has 458 valence electrons. The number of tetrazole rings is 2. The first-order valence-electron chi connectivity index (χ1n) is 28.5. The van der Waals surface area contributed by atoms with E-state index in [1.807, 2.05) is 24.3 Å². The van der Waals surface area contributed by atoms with Crippen LogP contribution in [0.4, 0.5) is 0 Å². The van der Waals surface area contributed by atoms with Crippen molar-refractivity contribution in [3.8, 4) is 34.5 Å². The van der Waals surface area contributed by atoms with Crippen molar-refractivity contribution < 1.29 is 45.6 Å². The van der Waals surface area contributed by atoms with Gasteiger partial charge in [-0.05, 0) is 156 Å². The standard InChI is InChI=1S/C58H102N8O10Si6/c1-53(2,3)77(19,20)71-41-35-39(36-42(72-78(21,22)54(4,5)6)47(41)75-81(27,28)57(13,14)15)31-33-45(67)69-49(51-59-63-64-60-51)50(52-61-65-66-62-52)70-46(68)34-32-40-37-43(73-79(23,24)55(7,8)9)48(76-82(29,30)58(16,17)18)44(38-40)74-80(25,26)56(10,11)12/h31-38,49-50H,1-30H3,(H,59,60,63,64)(H,61,62,65,66)/b33-31+,34-32+/t49-,50-/m1/s1. The third kappa shape index (κ3) is 17.1. The minimum atomic E-state index is -2.49. The zero-order chi connectivity index (χ0) is 63.1. The van der Waals surface area contributed by atoms with Gasteiger partial charge in [-0.3, -0.25) is 0 Å². The lowest BCUT2D eigenvalue weighted by molar-refractivity contribution is -0.164. The Morgan fingerprint density at radius 1 is 0.390 bits per heavy atom. The van der Waals surface area contributed by atoms with Crippen molar-refractivity contribution in [3.05, 3.63) is 59.2 Å². The third-order valence-electron chi connectivity index (χ3n) is 17.9. The SMILES string of the molecule is CC(C)(C)[Si](C)(C)Oc1cc(/C=C/C(=O)O[C@@H](c2nn[nH]n2)[C@@H](OC(=O)/C=C/c2cc(O[Si](C)(C)C(C)(C)C)c(O[Si](C)(C)C(C)(C)C)c(O[Si](C)(C)C(C)(C)C)c2)c2nn[nH]n2)cc(O[Si](C)(C)C(C)(C)C)c1O[Si](C)(C)C(C)(C)C. The fourth-order valence-corrected chi connectivity index (χ4v) is 12.2. The number of aromatic nitrogens is 8. The first-order valence-corrected chi connectivity index (χ1v) is 45.9. The lowest BCUT2D eigenvalue weighted by atomic mass is 10.1. The lowest BCUT2D eigenvalue weighted by Crippen LogP contribution is -2.47. The monoisotopic (exact) mass is 1240 g/mol. The maximum absolute atomic E-state index is 14.3. The fraction of sp³-hybridized carbons (Fsp3) is 0.655. The highest BCUT2D eigenvalue weighted by molar-refractivity contribution is 6.77. The average molecular weight is 1240 g/mol. The zero-order valence-electron chi connectivity index (χ0n) is 55.5. The van der Waals surface area contributed by atoms with E-state index in [9.17, 15) is 9.59 Å². The van der Waals surface area contributed by atoms with E-state index in [0.29, 0.717) is 45.6 Å². The molecule has 0 saturated carbocycles. The van der Waals surface area contributed by atoms with Crippen molar-refractivity contribution in [3.63, 3.8) is 0 Å². The van der Waals surface area contributed by atoms with Crippen molar-refractivity contribution in [2.45, 2.75) is 246 Å². The van der Waals surface area contributed by atoms with E-state index in [1.54, 1.807) is 12.2 Å². The van der Waals surface area contributed by atoms with E-state index < -0.39 is 74.1 Å². The normalized spacial score (nSPS) is 14.9. The van der Waals surface area contributed by atoms with Crippen LogP contribution in [0, 0.1) is 0 Å². The van der Waals surface area contributed by atoms with Gasteiger partial charge >= 0.3 is 11.9 Å². The van der Waals surface area contributed by atoms with E-state index in [0.717, 1.165) is 0 Å². The number of carbonyl (C=O) groups excluding carboxylic acids is 2. The number of benzene rings is 2. The lowest BCUT2D eigenvalue weighted by Gasteiger charge is -2.42. The largest absolute Gasteiger partial charge is 0.541 e. The first kappa shape index (κ1) is 69.6. The average Bonchev–Trinajstić information content (AvgIpc) is 4.04. The molecule has 0 saturated heterocycles. The Kier molecular flexibility index (Phi) is 20.6. The van der Waals surface area contributed by atoms with E-state index in [-0.39, 0.29) is 41.9 Å². The number of hydrogen-bond donors (Lipinski definition) is 2. The van der Waals surface area contributed by atoms with E-state index in [2.05, 4.69) is 244 Å². The van der Waals surface area contributed by atoms with Crippen LogP contribution in [0.1, 0.15) is 160 Å². The smallest absolute Gasteiger partial charge is 0.331 e. The topological polar surface area (TPSA) is 217 Å². The minimum absolute atomic E-state index is 0.118. The Balaban J connectivity index is 1.87. The highest BCUT2D eigenvalue weighted by Gasteiger charge is 2.48. The van der Waals surface area contributed by atoms with Crippen LogP contribution in [0.3, 0.4) is 0 Å². The summed E-state index contributed by atoms with van der Waals surface area (Å²) < 4.78 is 55.1. The Morgan fingerprint density at radius 2 is 0.610 bits per heavy atom. The summed E-state index contributed by atoms with van der Waals surface area (Å²) in [4.78, 5) is 28.6. The molecule has 4 aromatic rings. The molecule has 0 fully saturated rings. The summed E-state index contributed by atoms with van der Waals surface area (Å²) in [5, 5.41) is 28.0. The Labute approximate surface area is 497 Å². The molecule has 0 amide bonds. The molecule has 2 aromatic heterocycles. The van der Waals surface area contributed by atoms with Crippen LogP contribution in [-0.2, 0) is 19.1 Å². The van der Waals surface area contributed by atoms with Gasteiger partial charge in [0.15, 0.2) is 11.5 Å². The van der Waals surface area contributed by atoms with E-state index in [4.69, 9.17) is 36.0 Å². The minimum Gasteiger partial charge on any atom is -0.541 e. The van der Waals surface area contributed by atoms with Crippen molar-refractivity contribution in [2.75, 3.05) is 0 Å². The maximum atomic E-state index is 14.3. The fourth-order valence-electron chi connectivity index (χ4n) is 6.16. The number of carbonyl (C=O) groups is 2. The molecule has 2 N–H and O–H groups in total. The number of esters is 2. The maximum Gasteiger partial charge on any atom is 0.331 e. The van der Waals surface area contributed by atoms with Crippen LogP contribution in [0.5, 0.6) is 34.5 Å². The van der Waals surface area contributed by atoms with Gasteiger partial charge in [-0.2, -0.15) is 10.4 Å². The van der Waals surface area contributed by atoms with Crippen LogP contribution in [0.15, 0.2) is 36.4 Å². The summed E-state index contributed by atoms with van der Waals surface area (Å²) in [6.07, 6.45) is 2.75. The number of ether oxygens (including phenoxy) is 2. The predicted octanol–water partition coefficient (Wildman–Crippen LogP) is 16.3. The second-order valence-electron chi connectivity index (χ2n) is 30.8. The molecule has 0 aliphatic rings. The number of hydrogen-bond acceptors (Lipinski definition) is 16. The van der Waals surface area contributed by atoms with Crippen LogP contribution in [-0.4, -0.2) is 103 Å². The number of nitrogens with one attached hydrogen (secondary N) is 2. The number of H-pyrrole nitrogens is 2. The molecule has 24 heteroatoms. The van der Waals surface area contributed by atoms with Crippen molar-refractivity contribution in [2.24, 2.45) is 0 Å². The van der Waals surface area contributed by atoms with Crippen molar-refractivity contribution in [1.82, 2.24) is 41.2 Å². The quantitative estimate of drug-likeness (QED) is 0.0450. The molecular formula is C58H102N8O10Si6. The zero-order valence-corrected chi connectivity index (χ0v) is 61.5. The Bertz CT molecular complexity index is 2610. The molecular weight excluding hydrogens is 1140 g/mol. The van der Waals surface area contributed by atoms with Gasteiger partial charge in [-0.1, -0.05) is 135 Å².